The van der Waals surface area contributed by atoms with Gasteiger partial charge in [-0.25, -0.2) is 0 Å². The third-order valence-electron chi connectivity index (χ3n) is 6.90. The van der Waals surface area contributed by atoms with Crippen molar-refractivity contribution < 1.29 is 23.8 Å². The first-order valence-corrected chi connectivity index (χ1v) is 15.2. The molecule has 0 spiro atoms. The van der Waals surface area contributed by atoms with Crippen LogP contribution in [0, 0.1) is 0 Å². The van der Waals surface area contributed by atoms with Crippen LogP contribution in [0.3, 0.4) is 0 Å². The normalized spacial score (nSPS) is 23.9. The van der Waals surface area contributed by atoms with Gasteiger partial charge in [0.2, 0.25) is 5.91 Å². The SMILES string of the molecule is COCCN1CC(=O)N[C@H]2CN(C3CSCCSC3)C[C@@H]2OCc2cccc(c2)Oc2cncc(c2)C1=O. The molecule has 38 heavy (non-hydrogen) atoms. The number of ether oxygens (including phenoxy) is 3. The highest BCUT2D eigenvalue weighted by atomic mass is 32.2. The number of carbonyl (C=O) groups is 2. The van der Waals surface area contributed by atoms with Crippen molar-refractivity contribution in [3.63, 3.8) is 0 Å². The van der Waals surface area contributed by atoms with Crippen molar-refractivity contribution in [3.8, 4) is 11.5 Å². The Labute approximate surface area is 232 Å². The number of hydrogen-bond acceptors (Lipinski definition) is 9. The van der Waals surface area contributed by atoms with Crippen LogP contribution in [0.5, 0.6) is 11.5 Å². The zero-order valence-corrected chi connectivity index (χ0v) is 23.2. The lowest BCUT2D eigenvalue weighted by atomic mass is 10.2. The number of carbonyl (C=O) groups excluding carboxylic acids is 2. The van der Waals surface area contributed by atoms with Crippen molar-refractivity contribution in [1.82, 2.24) is 20.1 Å². The summed E-state index contributed by atoms with van der Waals surface area (Å²) in [5.74, 6) is 5.11. The standard InChI is InChI=1S/C27H34N4O5S2/c1-34-6-5-30-15-26(32)29-24-13-31(21-17-37-7-8-38-18-21)14-25(24)35-16-19-3-2-4-22(9-19)36-23-10-20(27(30)33)11-28-12-23/h2-4,9-12,21,24-25H,5-8,13-18H2,1H3,(H,29,32)/t24-,25-/m0/s1. The summed E-state index contributed by atoms with van der Waals surface area (Å²) >= 11 is 3.99. The van der Waals surface area contributed by atoms with Gasteiger partial charge >= 0.3 is 0 Å². The Kier molecular flexibility index (Phi) is 9.44. The van der Waals surface area contributed by atoms with Gasteiger partial charge in [0.15, 0.2) is 0 Å². The Morgan fingerprint density at radius 2 is 1.95 bits per heavy atom. The topological polar surface area (TPSA) is 93.2 Å². The van der Waals surface area contributed by atoms with E-state index in [0.29, 0.717) is 36.3 Å². The average Bonchev–Trinajstić information content (AvgIpc) is 3.12. The van der Waals surface area contributed by atoms with Crippen LogP contribution in [-0.4, -0.2) is 108 Å². The van der Waals surface area contributed by atoms with Gasteiger partial charge in [-0.3, -0.25) is 19.5 Å². The monoisotopic (exact) mass is 558 g/mol. The molecule has 2 saturated heterocycles. The highest BCUT2D eigenvalue weighted by molar-refractivity contribution is 8.03. The molecule has 2 fully saturated rings. The van der Waals surface area contributed by atoms with Crippen LogP contribution < -0.4 is 10.1 Å². The number of amides is 2. The molecule has 11 heteroatoms. The molecule has 0 saturated carbocycles. The maximum atomic E-state index is 13.4. The summed E-state index contributed by atoms with van der Waals surface area (Å²) in [5, 5.41) is 3.19. The van der Waals surface area contributed by atoms with Crippen LogP contribution in [0.15, 0.2) is 42.7 Å². The molecule has 3 aliphatic rings. The fraction of sp³-hybridized carbons (Fsp3) is 0.519. The Morgan fingerprint density at radius 1 is 1.11 bits per heavy atom. The summed E-state index contributed by atoms with van der Waals surface area (Å²) in [6, 6.07) is 9.66. The second-order valence-electron chi connectivity index (χ2n) is 9.66. The lowest BCUT2D eigenvalue weighted by molar-refractivity contribution is -0.123. The third kappa shape index (κ3) is 7.01. The number of methoxy groups -OCH3 is 1. The second kappa shape index (κ2) is 13.2. The quantitative estimate of drug-likeness (QED) is 0.608. The highest BCUT2D eigenvalue weighted by Crippen LogP contribution is 2.27. The molecule has 3 aliphatic heterocycles. The number of nitrogens with zero attached hydrogens (tertiary/aromatic N) is 3. The number of nitrogens with one attached hydrogen (secondary N) is 1. The van der Waals surface area contributed by atoms with E-state index in [9.17, 15) is 9.59 Å². The number of rotatable bonds is 4. The van der Waals surface area contributed by atoms with Crippen molar-refractivity contribution in [2.24, 2.45) is 0 Å². The number of likely N-dealkylation sites (tertiary alicyclic amines) is 1. The van der Waals surface area contributed by atoms with E-state index in [1.807, 2.05) is 47.8 Å². The van der Waals surface area contributed by atoms with E-state index in [1.54, 1.807) is 19.4 Å². The molecule has 2 aromatic rings. The zero-order chi connectivity index (χ0) is 26.3. The lowest BCUT2D eigenvalue weighted by Crippen LogP contribution is -2.49. The maximum absolute atomic E-state index is 13.4. The van der Waals surface area contributed by atoms with Gasteiger partial charge in [0.1, 0.15) is 11.5 Å². The number of pyridine rings is 1. The number of thioether (sulfide) groups is 2. The molecule has 0 unspecified atom stereocenters. The number of benzene rings is 1. The van der Waals surface area contributed by atoms with Gasteiger partial charge in [0.05, 0.1) is 43.7 Å². The number of aromatic nitrogens is 1. The highest BCUT2D eigenvalue weighted by Gasteiger charge is 2.38. The molecule has 4 bridgehead atoms. The largest absolute Gasteiger partial charge is 0.456 e. The van der Waals surface area contributed by atoms with Crippen LogP contribution in [-0.2, 0) is 20.9 Å². The second-order valence-corrected chi connectivity index (χ2v) is 12.0. The molecule has 5 rings (SSSR count). The van der Waals surface area contributed by atoms with E-state index in [0.717, 1.165) is 30.2 Å². The average molecular weight is 559 g/mol. The van der Waals surface area contributed by atoms with Gasteiger partial charge in [-0.05, 0) is 23.8 Å². The fourth-order valence-electron chi connectivity index (χ4n) is 4.92. The predicted octanol–water partition coefficient (Wildman–Crippen LogP) is 2.51. The summed E-state index contributed by atoms with van der Waals surface area (Å²) in [6.45, 7) is 2.41. The van der Waals surface area contributed by atoms with Crippen molar-refractivity contribution in [2.45, 2.75) is 24.8 Å². The van der Waals surface area contributed by atoms with Gasteiger partial charge in [0, 0.05) is 62.0 Å². The van der Waals surface area contributed by atoms with Crippen molar-refractivity contribution in [2.75, 3.05) is 62.9 Å². The lowest BCUT2D eigenvalue weighted by Gasteiger charge is -2.26. The van der Waals surface area contributed by atoms with E-state index >= 15 is 0 Å². The predicted molar refractivity (Wildman–Crippen MR) is 149 cm³/mol. The summed E-state index contributed by atoms with van der Waals surface area (Å²) in [5.41, 5.74) is 1.33. The smallest absolute Gasteiger partial charge is 0.256 e. The summed E-state index contributed by atoms with van der Waals surface area (Å²) in [7, 11) is 1.57. The molecule has 204 valence electrons. The number of hydrogen-bond donors (Lipinski definition) is 1. The Hall–Kier alpha value is -2.31. The fourth-order valence-corrected chi connectivity index (χ4v) is 7.54. The molecule has 1 aromatic carbocycles. The van der Waals surface area contributed by atoms with Gasteiger partial charge in [-0.15, -0.1) is 0 Å². The molecular weight excluding hydrogens is 524 g/mol. The first-order chi connectivity index (χ1) is 18.6. The minimum absolute atomic E-state index is 0.0787. The first-order valence-electron chi connectivity index (χ1n) is 12.9. The van der Waals surface area contributed by atoms with Gasteiger partial charge in [-0.2, -0.15) is 23.5 Å². The van der Waals surface area contributed by atoms with Crippen molar-refractivity contribution in [3.05, 3.63) is 53.9 Å². The van der Waals surface area contributed by atoms with Crippen LogP contribution in [0.25, 0.3) is 0 Å². The van der Waals surface area contributed by atoms with Crippen LogP contribution in [0.2, 0.25) is 0 Å². The Balaban J connectivity index is 1.41. The molecule has 4 heterocycles. The zero-order valence-electron chi connectivity index (χ0n) is 21.5. The molecule has 1 aromatic heterocycles. The van der Waals surface area contributed by atoms with Crippen LogP contribution in [0.4, 0.5) is 0 Å². The number of fused-ring (bicyclic) bond motifs is 5. The van der Waals surface area contributed by atoms with E-state index in [2.05, 4.69) is 15.2 Å². The van der Waals surface area contributed by atoms with Gasteiger partial charge < -0.3 is 24.4 Å². The summed E-state index contributed by atoms with van der Waals surface area (Å²) in [6.07, 6.45) is 2.90. The summed E-state index contributed by atoms with van der Waals surface area (Å²) in [4.78, 5) is 34.8. The van der Waals surface area contributed by atoms with Crippen molar-refractivity contribution in [1.29, 1.82) is 0 Å². The molecule has 2 amide bonds. The van der Waals surface area contributed by atoms with E-state index in [-0.39, 0.29) is 37.0 Å². The minimum Gasteiger partial charge on any atom is -0.456 e. The molecule has 0 aliphatic carbocycles. The maximum Gasteiger partial charge on any atom is 0.256 e. The third-order valence-corrected chi connectivity index (χ3v) is 9.38. The molecular formula is C27H34N4O5S2. The van der Waals surface area contributed by atoms with Crippen LogP contribution in [0.1, 0.15) is 15.9 Å². The summed E-state index contributed by atoms with van der Waals surface area (Å²) < 4.78 is 17.7. The van der Waals surface area contributed by atoms with E-state index in [4.69, 9.17) is 14.2 Å². The van der Waals surface area contributed by atoms with Crippen LogP contribution >= 0.6 is 23.5 Å². The minimum atomic E-state index is -0.302. The first kappa shape index (κ1) is 27.3. The Morgan fingerprint density at radius 3 is 2.76 bits per heavy atom. The van der Waals surface area contributed by atoms with E-state index in [1.165, 1.54) is 22.6 Å². The van der Waals surface area contributed by atoms with E-state index < -0.39 is 0 Å². The molecule has 1 N–H and O–H groups in total. The van der Waals surface area contributed by atoms with Gasteiger partial charge in [-0.1, -0.05) is 12.1 Å². The van der Waals surface area contributed by atoms with Crippen molar-refractivity contribution >= 4 is 35.3 Å². The molecule has 9 nitrogen and oxygen atoms in total. The molecule has 2 atom stereocenters. The Bertz CT molecular complexity index is 1110. The van der Waals surface area contributed by atoms with Gasteiger partial charge in [0.25, 0.3) is 5.91 Å². The molecule has 0 radical (unpaired) electrons.